The lowest BCUT2D eigenvalue weighted by Gasteiger charge is -2.15. The Hall–Kier alpha value is -4.60. The normalized spacial score (nSPS) is 12.5. The number of carboxylic acids is 1. The Balaban J connectivity index is 1.81. The topological polar surface area (TPSA) is 118 Å². The zero-order valence-electron chi connectivity index (χ0n) is 20.7. The second-order valence-corrected chi connectivity index (χ2v) is 8.81. The second kappa shape index (κ2) is 10.0. The highest BCUT2D eigenvalue weighted by Gasteiger charge is 2.35. The molecule has 0 bridgehead atoms. The van der Waals surface area contributed by atoms with Gasteiger partial charge in [0.05, 0.1) is 11.1 Å². The van der Waals surface area contributed by atoms with Crippen LogP contribution in [-0.4, -0.2) is 26.3 Å². The molecule has 196 valence electrons. The van der Waals surface area contributed by atoms with Crippen LogP contribution in [0.3, 0.4) is 0 Å². The van der Waals surface area contributed by atoms with Crippen LogP contribution in [0.4, 0.5) is 24.5 Å². The number of benzene rings is 3. The van der Waals surface area contributed by atoms with Gasteiger partial charge in [-0.25, -0.2) is 4.79 Å². The van der Waals surface area contributed by atoms with E-state index in [1.165, 1.54) is 30.3 Å². The zero-order chi connectivity index (χ0) is 27.8. The molecular formula is C28H24F3N3O4. The summed E-state index contributed by atoms with van der Waals surface area (Å²) in [4.78, 5) is 13.8. The SMILES string of the molecule is CCC(=Cc1ccc(N=Nc2c(O)[nH]c3c(-c4ccc(C)c(C)c4)c(C(F)(F)F)ccc23)c(O)c1)C(=O)O. The van der Waals surface area contributed by atoms with Crippen LogP contribution >= 0.6 is 0 Å². The summed E-state index contributed by atoms with van der Waals surface area (Å²) in [7, 11) is 0. The second-order valence-electron chi connectivity index (χ2n) is 8.81. The first-order valence-corrected chi connectivity index (χ1v) is 11.6. The first kappa shape index (κ1) is 26.5. The lowest BCUT2D eigenvalue weighted by Crippen LogP contribution is -2.07. The number of phenolic OH excluding ortho intramolecular Hbond substituents is 1. The molecule has 0 atom stereocenters. The molecular weight excluding hydrogens is 499 g/mol. The van der Waals surface area contributed by atoms with E-state index in [1.54, 1.807) is 32.0 Å². The van der Waals surface area contributed by atoms with Gasteiger partial charge in [-0.1, -0.05) is 31.2 Å². The van der Waals surface area contributed by atoms with Gasteiger partial charge in [0.1, 0.15) is 11.4 Å². The molecule has 7 nitrogen and oxygen atoms in total. The van der Waals surface area contributed by atoms with E-state index < -0.39 is 23.6 Å². The standard InChI is InChI=1S/C28H24F3N3O4/c1-4-17(27(37)38)12-16-6-10-21(22(35)13-16)33-34-25-19-8-9-20(28(29,30)31)23(24(19)32-26(25)36)18-7-5-14(2)15(3)11-18/h5-13,32,35-36H,4H2,1-3H3,(H,37,38). The highest BCUT2D eigenvalue weighted by molar-refractivity contribution is 6.04. The number of alkyl halides is 3. The van der Waals surface area contributed by atoms with Crippen molar-refractivity contribution in [2.45, 2.75) is 33.4 Å². The molecule has 0 aliphatic rings. The molecule has 0 amide bonds. The fourth-order valence-electron chi connectivity index (χ4n) is 4.10. The number of aromatic amines is 1. The Morgan fingerprint density at radius 1 is 1.00 bits per heavy atom. The molecule has 4 aromatic rings. The summed E-state index contributed by atoms with van der Waals surface area (Å²) in [6.45, 7) is 5.35. The maximum absolute atomic E-state index is 14.0. The smallest absolute Gasteiger partial charge is 0.417 e. The number of nitrogens with one attached hydrogen (secondary N) is 1. The Labute approximate surface area is 215 Å². The number of halogens is 3. The molecule has 1 aromatic heterocycles. The Kier molecular flexibility index (Phi) is 6.99. The molecule has 0 spiro atoms. The maximum atomic E-state index is 14.0. The Morgan fingerprint density at radius 2 is 1.74 bits per heavy atom. The molecule has 4 N–H and O–H groups in total. The van der Waals surface area contributed by atoms with Crippen LogP contribution in [0.1, 0.15) is 35.6 Å². The minimum Gasteiger partial charge on any atom is -0.506 e. The predicted molar refractivity (Wildman–Crippen MR) is 138 cm³/mol. The van der Waals surface area contributed by atoms with Crippen LogP contribution in [0.25, 0.3) is 28.1 Å². The van der Waals surface area contributed by atoms with E-state index >= 15 is 0 Å². The van der Waals surface area contributed by atoms with Crippen molar-refractivity contribution in [3.05, 3.63) is 76.4 Å². The van der Waals surface area contributed by atoms with Gasteiger partial charge in [0.15, 0.2) is 5.69 Å². The highest BCUT2D eigenvalue weighted by atomic mass is 19.4. The number of rotatable bonds is 6. The van der Waals surface area contributed by atoms with Crippen LogP contribution in [0.5, 0.6) is 11.6 Å². The average molecular weight is 524 g/mol. The highest BCUT2D eigenvalue weighted by Crippen LogP contribution is 2.46. The Bertz CT molecular complexity index is 1620. The average Bonchev–Trinajstić information content (AvgIpc) is 3.17. The summed E-state index contributed by atoms with van der Waals surface area (Å²) < 4.78 is 41.9. The number of aliphatic carboxylic acids is 1. The summed E-state index contributed by atoms with van der Waals surface area (Å²) in [5.74, 6) is -1.85. The number of aromatic hydroxyl groups is 2. The third kappa shape index (κ3) is 5.10. The number of carbonyl (C=O) groups is 1. The molecule has 0 radical (unpaired) electrons. The van der Waals surface area contributed by atoms with Gasteiger partial charge in [-0.3, -0.25) is 0 Å². The van der Waals surface area contributed by atoms with E-state index in [0.29, 0.717) is 11.1 Å². The largest absolute Gasteiger partial charge is 0.506 e. The van der Waals surface area contributed by atoms with Crippen molar-refractivity contribution in [3.8, 4) is 22.8 Å². The van der Waals surface area contributed by atoms with Crippen molar-refractivity contribution in [2.24, 2.45) is 10.2 Å². The number of carboxylic acid groups (broad SMARTS) is 1. The molecule has 4 rings (SSSR count). The van der Waals surface area contributed by atoms with E-state index in [2.05, 4.69) is 15.2 Å². The van der Waals surface area contributed by atoms with Crippen LogP contribution in [0.2, 0.25) is 0 Å². The summed E-state index contributed by atoms with van der Waals surface area (Å²) in [5, 5.41) is 38.3. The van der Waals surface area contributed by atoms with Crippen molar-refractivity contribution in [1.82, 2.24) is 4.98 Å². The summed E-state index contributed by atoms with van der Waals surface area (Å²) in [6, 6.07) is 11.4. The van der Waals surface area contributed by atoms with Crippen LogP contribution in [0.15, 0.2) is 64.3 Å². The number of phenols is 1. The number of hydrogen-bond donors (Lipinski definition) is 4. The number of hydrogen-bond acceptors (Lipinski definition) is 5. The van der Waals surface area contributed by atoms with E-state index in [9.17, 15) is 33.3 Å². The van der Waals surface area contributed by atoms with Crippen molar-refractivity contribution >= 4 is 34.3 Å². The molecule has 0 saturated carbocycles. The third-order valence-electron chi connectivity index (χ3n) is 6.28. The summed E-state index contributed by atoms with van der Waals surface area (Å²) in [6.07, 6.45) is -2.94. The molecule has 0 aliphatic carbocycles. The lowest BCUT2D eigenvalue weighted by atomic mass is 9.94. The maximum Gasteiger partial charge on any atom is 0.417 e. The summed E-state index contributed by atoms with van der Waals surface area (Å²) >= 11 is 0. The van der Waals surface area contributed by atoms with Gasteiger partial charge in [-0.05, 0) is 72.9 Å². The number of aryl methyl sites for hydroxylation is 2. The van der Waals surface area contributed by atoms with Gasteiger partial charge in [0.2, 0.25) is 5.88 Å². The van der Waals surface area contributed by atoms with Gasteiger partial charge in [-0.15, -0.1) is 10.2 Å². The monoisotopic (exact) mass is 523 g/mol. The molecule has 1 heterocycles. The van der Waals surface area contributed by atoms with Gasteiger partial charge < -0.3 is 20.3 Å². The van der Waals surface area contributed by atoms with Gasteiger partial charge in [0, 0.05) is 16.5 Å². The summed E-state index contributed by atoms with van der Waals surface area (Å²) in [5.41, 5.74) is 1.62. The van der Waals surface area contributed by atoms with Crippen molar-refractivity contribution in [2.75, 3.05) is 0 Å². The number of nitrogens with zero attached hydrogens (tertiary/aromatic N) is 2. The molecule has 38 heavy (non-hydrogen) atoms. The van der Waals surface area contributed by atoms with Crippen LogP contribution < -0.4 is 0 Å². The van der Waals surface area contributed by atoms with E-state index in [0.717, 1.165) is 17.2 Å². The van der Waals surface area contributed by atoms with Crippen molar-refractivity contribution in [1.29, 1.82) is 0 Å². The minimum absolute atomic E-state index is 0.0190. The molecule has 0 fully saturated rings. The lowest BCUT2D eigenvalue weighted by molar-refractivity contribution is -0.137. The van der Waals surface area contributed by atoms with Crippen LogP contribution in [0, 0.1) is 13.8 Å². The fourth-order valence-corrected chi connectivity index (χ4v) is 4.10. The molecule has 0 saturated heterocycles. The van der Waals surface area contributed by atoms with E-state index in [1.807, 2.05) is 6.92 Å². The fraction of sp³-hybridized carbons (Fsp3) is 0.179. The number of azo groups is 1. The first-order chi connectivity index (χ1) is 17.9. The number of aromatic nitrogens is 1. The van der Waals surface area contributed by atoms with Gasteiger partial charge >= 0.3 is 12.1 Å². The minimum atomic E-state index is -4.65. The van der Waals surface area contributed by atoms with Gasteiger partial charge in [0.25, 0.3) is 0 Å². The predicted octanol–water partition coefficient (Wildman–Crippen LogP) is 8.18. The van der Waals surface area contributed by atoms with Crippen LogP contribution in [-0.2, 0) is 11.0 Å². The van der Waals surface area contributed by atoms with Crippen molar-refractivity contribution in [3.63, 3.8) is 0 Å². The molecule has 0 unspecified atom stereocenters. The first-order valence-electron chi connectivity index (χ1n) is 11.6. The number of H-pyrrole nitrogens is 1. The van der Waals surface area contributed by atoms with Gasteiger partial charge in [-0.2, -0.15) is 13.2 Å². The molecule has 3 aromatic carbocycles. The van der Waals surface area contributed by atoms with E-state index in [-0.39, 0.29) is 45.6 Å². The molecule has 10 heteroatoms. The zero-order valence-corrected chi connectivity index (χ0v) is 20.7. The third-order valence-corrected chi connectivity index (χ3v) is 6.28. The quantitative estimate of drug-likeness (QED) is 0.151. The molecule has 0 aliphatic heterocycles. The van der Waals surface area contributed by atoms with E-state index in [4.69, 9.17) is 0 Å². The number of fused-ring (bicyclic) bond motifs is 1. The van der Waals surface area contributed by atoms with Crippen molar-refractivity contribution < 1.29 is 33.3 Å². The Morgan fingerprint density at radius 3 is 2.34 bits per heavy atom.